The van der Waals surface area contributed by atoms with Crippen LogP contribution in [-0.2, 0) is 7.05 Å². The summed E-state index contributed by atoms with van der Waals surface area (Å²) < 4.78 is 11.8. The van der Waals surface area contributed by atoms with Gasteiger partial charge in [0.15, 0.2) is 5.69 Å². The molecule has 0 fully saturated rings. The molecule has 0 aliphatic carbocycles. The van der Waals surface area contributed by atoms with Crippen molar-refractivity contribution in [3.63, 3.8) is 0 Å². The molecule has 0 bridgehead atoms. The molecule has 0 unspecified atom stereocenters. The summed E-state index contributed by atoms with van der Waals surface area (Å²) in [5.74, 6) is 0.494. The number of hydrogen-bond acceptors (Lipinski definition) is 5. The zero-order valence-electron chi connectivity index (χ0n) is 17.6. The van der Waals surface area contributed by atoms with E-state index in [1.807, 2.05) is 26.0 Å². The van der Waals surface area contributed by atoms with E-state index in [1.165, 1.54) is 10.9 Å². The van der Waals surface area contributed by atoms with Crippen LogP contribution in [0.5, 0.6) is 11.5 Å². The molecule has 0 saturated heterocycles. The van der Waals surface area contributed by atoms with E-state index in [0.717, 1.165) is 11.1 Å². The van der Waals surface area contributed by atoms with Crippen LogP contribution in [0.15, 0.2) is 42.6 Å². The quantitative estimate of drug-likeness (QED) is 0.650. The van der Waals surface area contributed by atoms with Crippen molar-refractivity contribution in [3.05, 3.63) is 65.0 Å². The van der Waals surface area contributed by atoms with Gasteiger partial charge in [0.2, 0.25) is 0 Å². The van der Waals surface area contributed by atoms with Gasteiger partial charge < -0.3 is 20.1 Å². The van der Waals surface area contributed by atoms with E-state index in [-0.39, 0.29) is 11.3 Å². The van der Waals surface area contributed by atoms with E-state index in [4.69, 9.17) is 9.47 Å². The average molecular weight is 408 g/mol. The summed E-state index contributed by atoms with van der Waals surface area (Å²) in [4.78, 5) is 25.7. The van der Waals surface area contributed by atoms with Gasteiger partial charge in [0.1, 0.15) is 11.5 Å². The predicted molar refractivity (Wildman–Crippen MR) is 115 cm³/mol. The predicted octanol–water partition coefficient (Wildman–Crippen LogP) is 3.56. The normalized spacial score (nSPS) is 10.4. The van der Waals surface area contributed by atoms with Crippen LogP contribution < -0.4 is 20.1 Å². The Kier molecular flexibility index (Phi) is 6.06. The maximum Gasteiger partial charge on any atom is 0.277 e. The fourth-order valence-electron chi connectivity index (χ4n) is 3.00. The molecular weight excluding hydrogens is 384 g/mol. The highest BCUT2D eigenvalue weighted by Crippen LogP contribution is 2.24. The lowest BCUT2D eigenvalue weighted by atomic mass is 10.1. The number of anilines is 2. The van der Waals surface area contributed by atoms with Gasteiger partial charge in [-0.1, -0.05) is 0 Å². The number of benzene rings is 2. The number of methoxy groups -OCH3 is 2. The Bertz CT molecular complexity index is 1020. The van der Waals surface area contributed by atoms with Gasteiger partial charge in [0, 0.05) is 24.6 Å². The smallest absolute Gasteiger partial charge is 0.277 e. The van der Waals surface area contributed by atoms with Crippen LogP contribution in [0.3, 0.4) is 0 Å². The SMILES string of the molecule is COc1ccc(NC(=O)c2cn(C)nc2C(=O)Nc2ccc(OC)cc2C)c(C)c1. The monoisotopic (exact) mass is 408 g/mol. The van der Waals surface area contributed by atoms with Crippen LogP contribution in [-0.4, -0.2) is 35.8 Å². The van der Waals surface area contributed by atoms with Gasteiger partial charge in [-0.3, -0.25) is 14.3 Å². The van der Waals surface area contributed by atoms with Crippen LogP contribution in [0.25, 0.3) is 0 Å². The van der Waals surface area contributed by atoms with Crippen molar-refractivity contribution in [3.8, 4) is 11.5 Å². The first-order valence-electron chi connectivity index (χ1n) is 9.28. The van der Waals surface area contributed by atoms with Crippen LogP contribution in [0.2, 0.25) is 0 Å². The fourth-order valence-corrected chi connectivity index (χ4v) is 3.00. The molecule has 0 aliphatic rings. The van der Waals surface area contributed by atoms with E-state index in [1.54, 1.807) is 45.5 Å². The molecule has 3 aromatic rings. The Morgan fingerprint density at radius 1 is 0.867 bits per heavy atom. The third-order valence-electron chi connectivity index (χ3n) is 4.65. The molecule has 2 amide bonds. The first kappa shape index (κ1) is 20.9. The van der Waals surface area contributed by atoms with Crippen molar-refractivity contribution in [2.45, 2.75) is 13.8 Å². The molecule has 8 nitrogen and oxygen atoms in total. The van der Waals surface area contributed by atoms with Gasteiger partial charge in [0.25, 0.3) is 11.8 Å². The molecule has 0 spiro atoms. The highest BCUT2D eigenvalue weighted by Gasteiger charge is 2.22. The number of aromatic nitrogens is 2. The number of aryl methyl sites for hydroxylation is 3. The lowest BCUT2D eigenvalue weighted by molar-refractivity contribution is 0.0988. The molecule has 1 aromatic heterocycles. The molecule has 0 aliphatic heterocycles. The van der Waals surface area contributed by atoms with E-state index in [9.17, 15) is 9.59 Å². The van der Waals surface area contributed by atoms with Crippen molar-refractivity contribution < 1.29 is 19.1 Å². The number of rotatable bonds is 6. The summed E-state index contributed by atoms with van der Waals surface area (Å²) in [5.41, 5.74) is 3.13. The minimum absolute atomic E-state index is 0.0383. The highest BCUT2D eigenvalue weighted by atomic mass is 16.5. The number of carbonyl (C=O) groups is 2. The number of amides is 2. The average Bonchev–Trinajstić information content (AvgIpc) is 3.12. The highest BCUT2D eigenvalue weighted by molar-refractivity contribution is 6.14. The first-order chi connectivity index (χ1) is 14.3. The maximum atomic E-state index is 12.9. The van der Waals surface area contributed by atoms with E-state index in [0.29, 0.717) is 22.9 Å². The third kappa shape index (κ3) is 4.43. The van der Waals surface area contributed by atoms with Crippen molar-refractivity contribution in [1.82, 2.24) is 9.78 Å². The standard InChI is InChI=1S/C22H24N4O4/c1-13-10-15(29-4)6-8-18(13)23-21(27)17-12-26(3)25-20(17)22(28)24-19-9-7-16(30-5)11-14(19)2/h6-12H,1-5H3,(H,23,27)(H,24,28). The maximum absolute atomic E-state index is 12.9. The molecule has 156 valence electrons. The number of nitrogens with zero attached hydrogens (tertiary/aromatic N) is 2. The van der Waals surface area contributed by atoms with Gasteiger partial charge in [-0.05, 0) is 61.4 Å². The summed E-state index contributed by atoms with van der Waals surface area (Å²) in [6.07, 6.45) is 1.52. The molecule has 8 heteroatoms. The molecule has 0 saturated carbocycles. The zero-order valence-corrected chi connectivity index (χ0v) is 17.6. The Hall–Kier alpha value is -3.81. The van der Waals surface area contributed by atoms with Crippen LogP contribution in [0, 0.1) is 13.8 Å². The van der Waals surface area contributed by atoms with Crippen molar-refractivity contribution >= 4 is 23.2 Å². The molecule has 1 heterocycles. The third-order valence-corrected chi connectivity index (χ3v) is 4.65. The Labute approximate surface area is 174 Å². The molecule has 0 radical (unpaired) electrons. The summed E-state index contributed by atoms with van der Waals surface area (Å²) in [6, 6.07) is 10.6. The number of ether oxygens (including phenoxy) is 2. The lowest BCUT2D eigenvalue weighted by Gasteiger charge is -2.11. The van der Waals surface area contributed by atoms with Gasteiger partial charge in [-0.2, -0.15) is 5.10 Å². The van der Waals surface area contributed by atoms with Crippen molar-refractivity contribution in [1.29, 1.82) is 0 Å². The molecule has 2 aromatic carbocycles. The second kappa shape index (κ2) is 8.69. The topological polar surface area (TPSA) is 94.5 Å². The molecule has 3 rings (SSSR count). The molecule has 0 atom stereocenters. The van der Waals surface area contributed by atoms with Gasteiger partial charge >= 0.3 is 0 Å². The Balaban J connectivity index is 1.83. The van der Waals surface area contributed by atoms with E-state index < -0.39 is 11.8 Å². The summed E-state index contributed by atoms with van der Waals surface area (Å²) in [5, 5.41) is 9.82. The van der Waals surface area contributed by atoms with Crippen LogP contribution >= 0.6 is 0 Å². The second-order valence-electron chi connectivity index (χ2n) is 6.84. The summed E-state index contributed by atoms with van der Waals surface area (Å²) in [7, 11) is 4.82. The molecule has 30 heavy (non-hydrogen) atoms. The number of carbonyl (C=O) groups excluding carboxylic acids is 2. The first-order valence-corrected chi connectivity index (χ1v) is 9.28. The van der Waals surface area contributed by atoms with Crippen LogP contribution in [0.1, 0.15) is 32.0 Å². The van der Waals surface area contributed by atoms with E-state index in [2.05, 4.69) is 15.7 Å². The number of hydrogen-bond donors (Lipinski definition) is 2. The minimum Gasteiger partial charge on any atom is -0.497 e. The van der Waals surface area contributed by atoms with Gasteiger partial charge in [-0.15, -0.1) is 0 Å². The molecular formula is C22H24N4O4. The summed E-state index contributed by atoms with van der Waals surface area (Å²) in [6.45, 7) is 3.72. The summed E-state index contributed by atoms with van der Waals surface area (Å²) >= 11 is 0. The largest absolute Gasteiger partial charge is 0.497 e. The number of nitrogens with one attached hydrogen (secondary N) is 2. The second-order valence-corrected chi connectivity index (χ2v) is 6.84. The zero-order chi connectivity index (χ0) is 21.8. The van der Waals surface area contributed by atoms with Crippen molar-refractivity contribution in [2.24, 2.45) is 7.05 Å². The van der Waals surface area contributed by atoms with Gasteiger partial charge in [0.05, 0.1) is 19.8 Å². The van der Waals surface area contributed by atoms with E-state index >= 15 is 0 Å². The minimum atomic E-state index is -0.472. The Morgan fingerprint density at radius 2 is 1.37 bits per heavy atom. The fraction of sp³-hybridized carbons (Fsp3) is 0.227. The Morgan fingerprint density at radius 3 is 1.83 bits per heavy atom. The lowest BCUT2D eigenvalue weighted by Crippen LogP contribution is -2.20. The molecule has 2 N–H and O–H groups in total. The van der Waals surface area contributed by atoms with Gasteiger partial charge in [-0.25, -0.2) is 0 Å². The van der Waals surface area contributed by atoms with Crippen molar-refractivity contribution in [2.75, 3.05) is 24.9 Å². The van der Waals surface area contributed by atoms with Crippen LogP contribution in [0.4, 0.5) is 11.4 Å².